The molecule has 0 aromatic heterocycles. The molecule has 1 N–H and O–H groups in total. The Balaban J connectivity index is 0. The molecule has 1 atom stereocenters. The van der Waals surface area contributed by atoms with Crippen molar-refractivity contribution in [2.45, 2.75) is 45.8 Å². The van der Waals surface area contributed by atoms with E-state index in [0.717, 1.165) is 0 Å². The first-order valence-electron chi connectivity index (χ1n) is 5.15. The number of carbonyl (C=O) groups is 2. The highest BCUT2D eigenvalue weighted by molar-refractivity contribution is 5.73. The van der Waals surface area contributed by atoms with Gasteiger partial charge >= 0.3 is 6.09 Å². The van der Waals surface area contributed by atoms with E-state index in [1.807, 2.05) is 6.92 Å². The van der Waals surface area contributed by atoms with Gasteiger partial charge in [0.1, 0.15) is 11.9 Å². The van der Waals surface area contributed by atoms with E-state index in [-0.39, 0.29) is 0 Å². The average molecular weight is 233 g/mol. The third kappa shape index (κ3) is 12.9. The fourth-order valence-electron chi connectivity index (χ4n) is 0.691. The van der Waals surface area contributed by atoms with Gasteiger partial charge in [-0.2, -0.15) is 0 Å². The van der Waals surface area contributed by atoms with Gasteiger partial charge in [-0.25, -0.2) is 4.79 Å². The van der Waals surface area contributed by atoms with Crippen molar-refractivity contribution in [2.75, 3.05) is 14.2 Å². The van der Waals surface area contributed by atoms with Gasteiger partial charge in [-0.3, -0.25) is 0 Å². The number of aldehydes is 1. The summed E-state index contributed by atoms with van der Waals surface area (Å²) in [5, 5.41) is 2.44. The zero-order valence-electron chi connectivity index (χ0n) is 11.0. The molecule has 0 heterocycles. The van der Waals surface area contributed by atoms with E-state index in [4.69, 9.17) is 4.74 Å². The highest BCUT2D eigenvalue weighted by Gasteiger charge is 2.17. The van der Waals surface area contributed by atoms with Gasteiger partial charge in [0, 0.05) is 14.2 Å². The van der Waals surface area contributed by atoms with Crippen LogP contribution in [-0.4, -0.2) is 38.2 Å². The van der Waals surface area contributed by atoms with Crippen LogP contribution in [0.5, 0.6) is 0 Å². The molecule has 0 aromatic carbocycles. The molecule has 0 bridgehead atoms. The van der Waals surface area contributed by atoms with Crippen LogP contribution in [0, 0.1) is 0 Å². The summed E-state index contributed by atoms with van der Waals surface area (Å²) in [5.74, 6) is 0. The standard InChI is InChI=1S/C9H17NO3.C2H6O/c1-5-7(6-11)10-8(12)13-9(2,3)4;1-3-2/h6-7H,5H2,1-4H3,(H,10,12);1-2H3. The molecule has 0 aliphatic heterocycles. The zero-order valence-corrected chi connectivity index (χ0v) is 11.0. The maximum Gasteiger partial charge on any atom is 0.408 e. The van der Waals surface area contributed by atoms with E-state index in [2.05, 4.69) is 10.1 Å². The highest BCUT2D eigenvalue weighted by atomic mass is 16.6. The molecular formula is C11H23NO4. The normalized spacial score (nSPS) is 11.9. The fourth-order valence-corrected chi connectivity index (χ4v) is 0.691. The number of rotatable bonds is 3. The maximum absolute atomic E-state index is 11.1. The van der Waals surface area contributed by atoms with Crippen LogP contribution in [0.4, 0.5) is 4.79 Å². The Morgan fingerprint density at radius 3 is 2.06 bits per heavy atom. The van der Waals surface area contributed by atoms with Crippen molar-refractivity contribution in [1.29, 1.82) is 0 Å². The van der Waals surface area contributed by atoms with Crippen molar-refractivity contribution in [3.8, 4) is 0 Å². The smallest absolute Gasteiger partial charge is 0.408 e. The van der Waals surface area contributed by atoms with Crippen LogP contribution in [0.3, 0.4) is 0 Å². The van der Waals surface area contributed by atoms with Crippen molar-refractivity contribution < 1.29 is 19.1 Å². The van der Waals surface area contributed by atoms with Crippen molar-refractivity contribution in [2.24, 2.45) is 0 Å². The molecule has 5 nitrogen and oxygen atoms in total. The molecule has 0 aromatic rings. The van der Waals surface area contributed by atoms with Crippen LogP contribution in [0.1, 0.15) is 34.1 Å². The number of methoxy groups -OCH3 is 1. The highest BCUT2D eigenvalue weighted by Crippen LogP contribution is 2.06. The lowest BCUT2D eigenvalue weighted by Crippen LogP contribution is -2.39. The Kier molecular flexibility index (Phi) is 9.89. The average Bonchev–Trinajstić information content (AvgIpc) is 2.12. The zero-order chi connectivity index (χ0) is 13.2. The van der Waals surface area contributed by atoms with Gasteiger partial charge in [-0.1, -0.05) is 6.92 Å². The largest absolute Gasteiger partial charge is 0.444 e. The second kappa shape index (κ2) is 9.15. The predicted molar refractivity (Wildman–Crippen MR) is 62.4 cm³/mol. The topological polar surface area (TPSA) is 64.6 Å². The third-order valence-corrected chi connectivity index (χ3v) is 1.31. The number of hydrogen-bond donors (Lipinski definition) is 1. The van der Waals surface area contributed by atoms with E-state index >= 15 is 0 Å². The summed E-state index contributed by atoms with van der Waals surface area (Å²) in [6.45, 7) is 7.13. The molecular weight excluding hydrogens is 210 g/mol. The van der Waals surface area contributed by atoms with Crippen molar-refractivity contribution in [3.05, 3.63) is 0 Å². The Morgan fingerprint density at radius 2 is 1.81 bits per heavy atom. The molecule has 0 aliphatic rings. The Bertz CT molecular complexity index is 199. The lowest BCUT2D eigenvalue weighted by Gasteiger charge is -2.20. The number of ether oxygens (including phenoxy) is 2. The molecule has 0 radical (unpaired) electrons. The van der Waals surface area contributed by atoms with Crippen molar-refractivity contribution in [3.63, 3.8) is 0 Å². The minimum absolute atomic E-state index is 0.449. The third-order valence-electron chi connectivity index (χ3n) is 1.31. The summed E-state index contributed by atoms with van der Waals surface area (Å²) in [4.78, 5) is 21.5. The second-order valence-corrected chi connectivity index (χ2v) is 4.21. The van der Waals surface area contributed by atoms with E-state index in [1.165, 1.54) is 0 Å². The summed E-state index contributed by atoms with van der Waals surface area (Å²) < 4.78 is 9.21. The first-order chi connectivity index (χ1) is 7.30. The predicted octanol–water partition coefficient (Wildman–Crippen LogP) is 1.75. The lowest BCUT2D eigenvalue weighted by atomic mass is 10.2. The Labute approximate surface area is 97.5 Å². The van der Waals surface area contributed by atoms with Crippen LogP contribution >= 0.6 is 0 Å². The molecule has 1 unspecified atom stereocenters. The molecule has 96 valence electrons. The summed E-state index contributed by atoms with van der Waals surface area (Å²) >= 11 is 0. The Hall–Kier alpha value is -1.10. The number of alkyl carbamates (subject to hydrolysis) is 1. The van der Waals surface area contributed by atoms with E-state index in [1.54, 1.807) is 35.0 Å². The van der Waals surface area contributed by atoms with E-state index < -0.39 is 17.7 Å². The molecule has 5 heteroatoms. The van der Waals surface area contributed by atoms with Crippen molar-refractivity contribution in [1.82, 2.24) is 5.32 Å². The molecule has 1 amide bonds. The number of amides is 1. The minimum Gasteiger partial charge on any atom is -0.444 e. The van der Waals surface area contributed by atoms with Gasteiger partial charge in [0.05, 0.1) is 6.04 Å². The molecule has 0 saturated heterocycles. The molecule has 0 fully saturated rings. The first-order valence-corrected chi connectivity index (χ1v) is 5.15. The van der Waals surface area contributed by atoms with Crippen LogP contribution < -0.4 is 5.32 Å². The molecule has 0 rings (SSSR count). The van der Waals surface area contributed by atoms with Crippen LogP contribution in [0.2, 0.25) is 0 Å². The van der Waals surface area contributed by atoms with Crippen LogP contribution in [0.15, 0.2) is 0 Å². The van der Waals surface area contributed by atoms with Gasteiger partial charge in [0.25, 0.3) is 0 Å². The lowest BCUT2D eigenvalue weighted by molar-refractivity contribution is -0.109. The van der Waals surface area contributed by atoms with E-state index in [9.17, 15) is 9.59 Å². The van der Waals surface area contributed by atoms with Gasteiger partial charge in [-0.05, 0) is 27.2 Å². The van der Waals surface area contributed by atoms with E-state index in [0.29, 0.717) is 12.7 Å². The first kappa shape index (κ1) is 17.3. The fraction of sp³-hybridized carbons (Fsp3) is 0.818. The summed E-state index contributed by atoms with van der Waals surface area (Å²) in [6.07, 6.45) is 0.721. The van der Waals surface area contributed by atoms with Gasteiger partial charge in [0.15, 0.2) is 0 Å². The molecule has 0 spiro atoms. The second-order valence-electron chi connectivity index (χ2n) is 4.21. The van der Waals surface area contributed by atoms with Crippen LogP contribution in [0.25, 0.3) is 0 Å². The van der Waals surface area contributed by atoms with Crippen molar-refractivity contribution >= 4 is 12.4 Å². The summed E-state index contributed by atoms with van der Waals surface area (Å²) in [6, 6.07) is -0.449. The molecule has 16 heavy (non-hydrogen) atoms. The summed E-state index contributed by atoms with van der Waals surface area (Å²) in [5.41, 5.74) is -0.523. The maximum atomic E-state index is 11.1. The Morgan fingerprint density at radius 1 is 1.38 bits per heavy atom. The van der Waals surface area contributed by atoms with Gasteiger partial charge in [0.2, 0.25) is 0 Å². The van der Waals surface area contributed by atoms with Gasteiger partial charge in [-0.15, -0.1) is 0 Å². The molecule has 0 saturated carbocycles. The minimum atomic E-state index is -0.550. The monoisotopic (exact) mass is 233 g/mol. The number of carbonyl (C=O) groups excluding carboxylic acids is 2. The SMILES string of the molecule is CCC(C=O)NC(=O)OC(C)(C)C.COC. The summed E-state index contributed by atoms with van der Waals surface area (Å²) in [7, 11) is 3.25. The number of nitrogens with one attached hydrogen (secondary N) is 1. The van der Waals surface area contributed by atoms with Gasteiger partial charge < -0.3 is 19.6 Å². The quantitative estimate of drug-likeness (QED) is 0.754. The molecule has 0 aliphatic carbocycles. The van der Waals surface area contributed by atoms with Crippen LogP contribution in [-0.2, 0) is 14.3 Å². The number of hydrogen-bond acceptors (Lipinski definition) is 4.